The largest absolute Gasteiger partial charge is 0.475 e. The lowest BCUT2D eigenvalue weighted by molar-refractivity contribution is -0.121. The first-order valence-electron chi connectivity index (χ1n) is 6.72. The number of anilines is 1. The van der Waals surface area contributed by atoms with E-state index in [9.17, 15) is 9.59 Å². The van der Waals surface area contributed by atoms with Gasteiger partial charge in [0.05, 0.1) is 5.41 Å². The number of aryl methyl sites for hydroxylation is 1. The van der Waals surface area contributed by atoms with Gasteiger partial charge in [0.2, 0.25) is 11.7 Å². The van der Waals surface area contributed by atoms with Gasteiger partial charge in [-0.2, -0.15) is 0 Å². The molecule has 2 aromatic rings. The molecule has 0 saturated heterocycles. The molecule has 2 aromatic heterocycles. The van der Waals surface area contributed by atoms with Crippen molar-refractivity contribution in [2.45, 2.75) is 24.7 Å². The Morgan fingerprint density at radius 3 is 3.14 bits per heavy atom. The molecule has 6 heteroatoms. The van der Waals surface area contributed by atoms with Gasteiger partial charge in [-0.05, 0) is 30.5 Å². The maximum absolute atomic E-state index is 12.5. The maximum atomic E-state index is 12.5. The predicted octanol–water partition coefficient (Wildman–Crippen LogP) is 1.75. The summed E-state index contributed by atoms with van der Waals surface area (Å²) in [4.78, 5) is 27.7. The molecular formula is C15H12N2O4. The smallest absolute Gasteiger partial charge is 0.371 e. The number of carbonyl (C=O) groups is 2. The van der Waals surface area contributed by atoms with Gasteiger partial charge >= 0.3 is 5.97 Å². The zero-order valence-corrected chi connectivity index (χ0v) is 11.0. The van der Waals surface area contributed by atoms with Crippen LogP contribution in [0.25, 0.3) is 0 Å². The van der Waals surface area contributed by atoms with Gasteiger partial charge in [-0.25, -0.2) is 9.78 Å². The van der Waals surface area contributed by atoms with Crippen molar-refractivity contribution < 1.29 is 19.1 Å². The quantitative estimate of drug-likeness (QED) is 0.832. The molecule has 3 heterocycles. The van der Waals surface area contributed by atoms with Gasteiger partial charge in [0.1, 0.15) is 11.6 Å². The highest BCUT2D eigenvalue weighted by molar-refractivity contribution is 6.05. The molecule has 1 atom stereocenters. The molecule has 0 saturated carbocycles. The lowest BCUT2D eigenvalue weighted by Gasteiger charge is -2.30. The Bertz CT molecular complexity index is 780. The van der Waals surface area contributed by atoms with E-state index < -0.39 is 11.4 Å². The number of pyridine rings is 1. The molecule has 106 valence electrons. The fraction of sp³-hybridized carbons (Fsp3) is 0.267. The molecule has 4 rings (SSSR count). The van der Waals surface area contributed by atoms with Crippen LogP contribution in [0.5, 0.6) is 0 Å². The van der Waals surface area contributed by atoms with E-state index in [1.807, 2.05) is 12.1 Å². The number of nitrogens with one attached hydrogen (secondary N) is 1. The van der Waals surface area contributed by atoms with Crippen molar-refractivity contribution in [3.05, 3.63) is 47.0 Å². The Morgan fingerprint density at radius 1 is 1.48 bits per heavy atom. The van der Waals surface area contributed by atoms with Crippen LogP contribution in [0.1, 0.15) is 33.9 Å². The molecule has 1 aliphatic carbocycles. The zero-order chi connectivity index (χ0) is 14.6. The van der Waals surface area contributed by atoms with E-state index in [1.165, 1.54) is 6.07 Å². The van der Waals surface area contributed by atoms with Crippen molar-refractivity contribution in [2.75, 3.05) is 5.32 Å². The van der Waals surface area contributed by atoms with Crippen LogP contribution in [0.15, 0.2) is 28.8 Å². The summed E-state index contributed by atoms with van der Waals surface area (Å²) >= 11 is 0. The summed E-state index contributed by atoms with van der Waals surface area (Å²) in [6.45, 7) is 0. The lowest BCUT2D eigenvalue weighted by atomic mass is 9.70. The average Bonchev–Trinajstić information content (AvgIpc) is 3.00. The highest BCUT2D eigenvalue weighted by atomic mass is 16.4. The zero-order valence-electron chi connectivity index (χ0n) is 11.0. The Kier molecular flexibility index (Phi) is 2.28. The van der Waals surface area contributed by atoms with Crippen LogP contribution in [-0.4, -0.2) is 22.0 Å². The fourth-order valence-corrected chi connectivity index (χ4v) is 3.34. The van der Waals surface area contributed by atoms with Gasteiger partial charge < -0.3 is 14.8 Å². The summed E-state index contributed by atoms with van der Waals surface area (Å²) in [5.41, 5.74) is 1.03. The van der Waals surface area contributed by atoms with E-state index in [1.54, 1.807) is 6.20 Å². The Morgan fingerprint density at radius 2 is 2.33 bits per heavy atom. The second kappa shape index (κ2) is 3.94. The predicted molar refractivity (Wildman–Crippen MR) is 72.2 cm³/mol. The molecule has 1 spiro atoms. The number of carboxylic acids is 1. The lowest BCUT2D eigenvalue weighted by Crippen LogP contribution is -2.39. The van der Waals surface area contributed by atoms with Crippen LogP contribution in [0.2, 0.25) is 0 Å². The second-order valence-electron chi connectivity index (χ2n) is 5.48. The van der Waals surface area contributed by atoms with Crippen molar-refractivity contribution in [1.82, 2.24) is 4.98 Å². The van der Waals surface area contributed by atoms with Crippen LogP contribution < -0.4 is 5.32 Å². The van der Waals surface area contributed by atoms with E-state index in [4.69, 9.17) is 9.52 Å². The minimum absolute atomic E-state index is 0.0677. The van der Waals surface area contributed by atoms with E-state index in [0.29, 0.717) is 30.8 Å². The molecule has 1 amide bonds. The number of furan rings is 1. The summed E-state index contributed by atoms with van der Waals surface area (Å²) in [6, 6.07) is 5.25. The number of carboxylic acid groups (broad SMARTS) is 1. The summed E-state index contributed by atoms with van der Waals surface area (Å²) in [5.74, 6) is 0.0502. The van der Waals surface area contributed by atoms with Gasteiger partial charge in [0.15, 0.2) is 0 Å². The molecule has 21 heavy (non-hydrogen) atoms. The van der Waals surface area contributed by atoms with Gasteiger partial charge in [-0.1, -0.05) is 6.07 Å². The van der Waals surface area contributed by atoms with Crippen LogP contribution >= 0.6 is 0 Å². The Hall–Kier alpha value is -2.63. The molecule has 0 fully saturated rings. The van der Waals surface area contributed by atoms with Crippen LogP contribution in [0.4, 0.5) is 5.82 Å². The standard InChI is InChI=1S/C15H12N2O4/c18-13(19)11-6-8-7-15(4-3-10(8)21-11)9-2-1-5-16-12(9)17-14(15)20/h1-2,5-6H,3-4,7H2,(H,18,19)(H,16,17,20)/t15-/m1/s1. The van der Waals surface area contributed by atoms with Crippen molar-refractivity contribution in [1.29, 1.82) is 0 Å². The molecule has 2 N–H and O–H groups in total. The van der Waals surface area contributed by atoms with Crippen LogP contribution in [0.3, 0.4) is 0 Å². The molecule has 0 unspecified atom stereocenters. The first kappa shape index (κ1) is 12.1. The Balaban J connectivity index is 1.81. The minimum Gasteiger partial charge on any atom is -0.475 e. The summed E-state index contributed by atoms with van der Waals surface area (Å²) in [5, 5.41) is 11.8. The molecule has 0 radical (unpaired) electrons. The molecule has 1 aliphatic heterocycles. The average molecular weight is 284 g/mol. The number of hydrogen-bond donors (Lipinski definition) is 2. The van der Waals surface area contributed by atoms with Crippen LogP contribution in [0, 0.1) is 0 Å². The molecule has 6 nitrogen and oxygen atoms in total. The van der Waals surface area contributed by atoms with Gasteiger partial charge in [-0.3, -0.25) is 4.79 Å². The van der Waals surface area contributed by atoms with Crippen molar-refractivity contribution in [3.8, 4) is 0 Å². The topological polar surface area (TPSA) is 92.4 Å². The highest BCUT2D eigenvalue weighted by Crippen LogP contribution is 2.46. The first-order valence-corrected chi connectivity index (χ1v) is 6.72. The number of aromatic carboxylic acids is 1. The van der Waals surface area contributed by atoms with Gasteiger partial charge in [0, 0.05) is 18.2 Å². The molecule has 0 bridgehead atoms. The highest BCUT2D eigenvalue weighted by Gasteiger charge is 2.49. The normalized spacial score (nSPS) is 22.8. The third kappa shape index (κ3) is 1.55. The van der Waals surface area contributed by atoms with Crippen LogP contribution in [-0.2, 0) is 23.1 Å². The number of hydrogen-bond acceptors (Lipinski definition) is 4. The fourth-order valence-electron chi connectivity index (χ4n) is 3.34. The SMILES string of the molecule is O=C(O)c1cc2c(o1)CC[C@]1(C2)C(=O)Nc2ncccc21. The first-order chi connectivity index (χ1) is 10.1. The van der Waals surface area contributed by atoms with Gasteiger partial charge in [-0.15, -0.1) is 0 Å². The van der Waals surface area contributed by atoms with Crippen molar-refractivity contribution in [2.24, 2.45) is 0 Å². The maximum Gasteiger partial charge on any atom is 0.371 e. The number of fused-ring (bicyclic) bond motifs is 3. The van der Waals surface area contributed by atoms with Crippen molar-refractivity contribution >= 4 is 17.7 Å². The third-order valence-corrected chi connectivity index (χ3v) is 4.37. The van der Waals surface area contributed by atoms with E-state index in [2.05, 4.69) is 10.3 Å². The monoisotopic (exact) mass is 284 g/mol. The second-order valence-corrected chi connectivity index (χ2v) is 5.48. The number of rotatable bonds is 1. The summed E-state index contributed by atoms with van der Waals surface area (Å²) in [6.07, 6.45) is 3.23. The van der Waals surface area contributed by atoms with Crippen molar-refractivity contribution in [3.63, 3.8) is 0 Å². The number of carbonyl (C=O) groups excluding carboxylic acids is 1. The minimum atomic E-state index is -1.09. The molecule has 0 aromatic carbocycles. The van der Waals surface area contributed by atoms with Gasteiger partial charge in [0.25, 0.3) is 0 Å². The van der Waals surface area contributed by atoms with E-state index >= 15 is 0 Å². The van der Waals surface area contributed by atoms with E-state index in [-0.39, 0.29) is 11.7 Å². The molecular weight excluding hydrogens is 272 g/mol. The molecule has 2 aliphatic rings. The summed E-state index contributed by atoms with van der Waals surface area (Å²) in [7, 11) is 0. The third-order valence-electron chi connectivity index (χ3n) is 4.37. The van der Waals surface area contributed by atoms with E-state index in [0.717, 1.165) is 11.1 Å². The summed E-state index contributed by atoms with van der Waals surface area (Å²) < 4.78 is 5.35. The number of nitrogens with zero attached hydrogens (tertiary/aromatic N) is 1. The number of amides is 1. The Labute approximate surface area is 119 Å². The number of aromatic nitrogens is 1.